The number of hydrogen-bond acceptors (Lipinski definition) is 4. The molecule has 3 aromatic rings. The second kappa shape index (κ2) is 7.59. The maximum atomic E-state index is 10.9. The van der Waals surface area contributed by atoms with E-state index in [1.807, 2.05) is 60.7 Å². The number of carboxylic acid groups (broad SMARTS) is 1. The van der Waals surface area contributed by atoms with E-state index in [0.717, 1.165) is 16.8 Å². The third kappa shape index (κ3) is 4.43. The number of rotatable bonds is 6. The first-order valence-corrected chi connectivity index (χ1v) is 7.88. The van der Waals surface area contributed by atoms with Gasteiger partial charge in [0.2, 0.25) is 0 Å². The zero-order valence-corrected chi connectivity index (χ0v) is 13.5. The number of pyridine rings is 1. The molecule has 3 N–H and O–H groups in total. The Bertz CT molecular complexity index is 866. The lowest BCUT2D eigenvalue weighted by Gasteiger charge is -2.10. The normalized spacial score (nSPS) is 11.7. The molecule has 0 saturated carbocycles. The summed E-state index contributed by atoms with van der Waals surface area (Å²) in [5.41, 5.74) is 8.23. The fourth-order valence-corrected chi connectivity index (χ4v) is 2.47. The van der Waals surface area contributed by atoms with Crippen molar-refractivity contribution >= 4 is 5.97 Å². The Morgan fingerprint density at radius 2 is 1.80 bits per heavy atom. The molecular weight excluding hydrogens is 316 g/mol. The van der Waals surface area contributed by atoms with Crippen molar-refractivity contribution in [3.63, 3.8) is 0 Å². The van der Waals surface area contributed by atoms with Gasteiger partial charge in [-0.05, 0) is 48.4 Å². The molecule has 3 rings (SSSR count). The fraction of sp³-hybridized carbons (Fsp3) is 0.100. The molecule has 2 aromatic carbocycles. The highest BCUT2D eigenvalue weighted by Crippen LogP contribution is 2.27. The Kier molecular flexibility index (Phi) is 5.06. The quantitative estimate of drug-likeness (QED) is 0.720. The summed E-state index contributed by atoms with van der Waals surface area (Å²) in [7, 11) is 0. The van der Waals surface area contributed by atoms with Crippen LogP contribution in [-0.4, -0.2) is 22.1 Å². The van der Waals surface area contributed by atoms with Gasteiger partial charge < -0.3 is 15.6 Å². The van der Waals surface area contributed by atoms with Gasteiger partial charge in [0.25, 0.3) is 0 Å². The van der Waals surface area contributed by atoms with Crippen LogP contribution < -0.4 is 10.5 Å². The van der Waals surface area contributed by atoms with Crippen molar-refractivity contribution in [2.75, 3.05) is 0 Å². The molecular formula is C20H18N2O3. The van der Waals surface area contributed by atoms with Gasteiger partial charge in [0.05, 0.1) is 5.69 Å². The number of nitrogens with two attached hydrogens (primary N) is 1. The van der Waals surface area contributed by atoms with Crippen molar-refractivity contribution in [1.29, 1.82) is 0 Å². The summed E-state index contributed by atoms with van der Waals surface area (Å²) in [5.74, 6) is 0.297. The molecule has 0 fully saturated rings. The monoisotopic (exact) mass is 334 g/mol. The number of benzene rings is 2. The van der Waals surface area contributed by atoms with Gasteiger partial charge in [-0.15, -0.1) is 0 Å². The fourth-order valence-electron chi connectivity index (χ4n) is 2.47. The van der Waals surface area contributed by atoms with E-state index in [1.165, 1.54) is 0 Å². The average Bonchev–Trinajstić information content (AvgIpc) is 2.63. The molecule has 1 unspecified atom stereocenters. The zero-order valence-electron chi connectivity index (χ0n) is 13.5. The summed E-state index contributed by atoms with van der Waals surface area (Å²) in [6, 6.07) is 19.8. The van der Waals surface area contributed by atoms with Crippen LogP contribution in [0.25, 0.3) is 11.3 Å². The number of ether oxygens (including phenoxy) is 1. The number of aromatic nitrogens is 1. The van der Waals surface area contributed by atoms with E-state index in [1.54, 1.807) is 12.3 Å². The third-order valence-electron chi connectivity index (χ3n) is 3.70. The Hall–Kier alpha value is -3.18. The lowest BCUT2D eigenvalue weighted by atomic mass is 10.1. The summed E-state index contributed by atoms with van der Waals surface area (Å²) in [6.07, 6.45) is 2.00. The van der Waals surface area contributed by atoms with E-state index >= 15 is 0 Å². The summed E-state index contributed by atoms with van der Waals surface area (Å²) < 4.78 is 5.91. The number of carbonyl (C=O) groups is 1. The first-order valence-electron chi connectivity index (χ1n) is 7.88. The van der Waals surface area contributed by atoms with Gasteiger partial charge in [-0.2, -0.15) is 0 Å². The van der Waals surface area contributed by atoms with Crippen LogP contribution in [-0.2, 0) is 11.2 Å². The molecule has 1 heterocycles. The van der Waals surface area contributed by atoms with Crippen molar-refractivity contribution in [3.05, 3.63) is 78.5 Å². The molecule has 0 bridgehead atoms. The lowest BCUT2D eigenvalue weighted by Crippen LogP contribution is -2.32. The molecule has 0 aliphatic heterocycles. The van der Waals surface area contributed by atoms with Crippen LogP contribution in [0.4, 0.5) is 0 Å². The van der Waals surface area contributed by atoms with Gasteiger partial charge in [-0.25, -0.2) is 0 Å². The summed E-state index contributed by atoms with van der Waals surface area (Å²) in [6.45, 7) is 0. The minimum Gasteiger partial charge on any atom is -0.480 e. The van der Waals surface area contributed by atoms with Crippen LogP contribution in [0.1, 0.15) is 5.56 Å². The molecule has 5 heteroatoms. The smallest absolute Gasteiger partial charge is 0.320 e. The average molecular weight is 334 g/mol. The van der Waals surface area contributed by atoms with Crippen molar-refractivity contribution in [3.8, 4) is 22.8 Å². The molecule has 25 heavy (non-hydrogen) atoms. The highest BCUT2D eigenvalue weighted by molar-refractivity contribution is 5.73. The van der Waals surface area contributed by atoms with E-state index in [2.05, 4.69) is 4.98 Å². The summed E-state index contributed by atoms with van der Waals surface area (Å²) >= 11 is 0. The predicted molar refractivity (Wildman–Crippen MR) is 95.5 cm³/mol. The molecule has 0 aliphatic rings. The maximum Gasteiger partial charge on any atom is 0.320 e. The number of carboxylic acids is 1. The SMILES string of the molecule is NC(Cc1cccc(Oc2cccc(-c3ccccn3)c2)c1)C(=O)O. The molecule has 0 saturated heterocycles. The van der Waals surface area contributed by atoms with Gasteiger partial charge in [-0.1, -0.05) is 30.3 Å². The number of aliphatic carboxylic acids is 1. The Labute approximate surface area is 145 Å². The third-order valence-corrected chi connectivity index (χ3v) is 3.70. The van der Waals surface area contributed by atoms with E-state index in [0.29, 0.717) is 11.5 Å². The maximum absolute atomic E-state index is 10.9. The molecule has 0 amide bonds. The van der Waals surface area contributed by atoms with Gasteiger partial charge >= 0.3 is 5.97 Å². The van der Waals surface area contributed by atoms with Crippen molar-refractivity contribution in [2.45, 2.75) is 12.5 Å². The lowest BCUT2D eigenvalue weighted by molar-refractivity contribution is -0.138. The number of hydrogen-bond donors (Lipinski definition) is 2. The topological polar surface area (TPSA) is 85.4 Å². The van der Waals surface area contributed by atoms with Crippen LogP contribution >= 0.6 is 0 Å². The Morgan fingerprint density at radius 3 is 2.52 bits per heavy atom. The van der Waals surface area contributed by atoms with Gasteiger partial charge in [0.1, 0.15) is 17.5 Å². The van der Waals surface area contributed by atoms with Crippen LogP contribution in [0.5, 0.6) is 11.5 Å². The van der Waals surface area contributed by atoms with Gasteiger partial charge in [0.15, 0.2) is 0 Å². The number of nitrogens with zero attached hydrogens (tertiary/aromatic N) is 1. The largest absolute Gasteiger partial charge is 0.480 e. The molecule has 5 nitrogen and oxygen atoms in total. The van der Waals surface area contributed by atoms with Crippen molar-refractivity contribution in [1.82, 2.24) is 4.98 Å². The molecule has 1 aromatic heterocycles. The first kappa shape index (κ1) is 16.7. The van der Waals surface area contributed by atoms with E-state index in [-0.39, 0.29) is 6.42 Å². The molecule has 1 atom stereocenters. The Balaban J connectivity index is 1.78. The minimum absolute atomic E-state index is 0.251. The van der Waals surface area contributed by atoms with Crippen LogP contribution in [0, 0.1) is 0 Å². The second-order valence-electron chi connectivity index (χ2n) is 5.64. The molecule has 0 aliphatic carbocycles. The van der Waals surface area contributed by atoms with Crippen molar-refractivity contribution < 1.29 is 14.6 Å². The van der Waals surface area contributed by atoms with E-state index < -0.39 is 12.0 Å². The Morgan fingerprint density at radius 1 is 1.04 bits per heavy atom. The molecule has 0 radical (unpaired) electrons. The highest BCUT2D eigenvalue weighted by atomic mass is 16.5. The summed E-state index contributed by atoms with van der Waals surface area (Å²) in [4.78, 5) is 15.2. The predicted octanol–water partition coefficient (Wildman–Crippen LogP) is 3.50. The highest BCUT2D eigenvalue weighted by Gasteiger charge is 2.12. The minimum atomic E-state index is -1.02. The van der Waals surface area contributed by atoms with Crippen LogP contribution in [0.15, 0.2) is 72.9 Å². The summed E-state index contributed by atoms with van der Waals surface area (Å²) in [5, 5.41) is 8.92. The standard InChI is InChI=1S/C20H18N2O3/c21-18(20(23)24)12-14-5-3-7-16(11-14)25-17-8-4-6-15(13-17)19-9-1-2-10-22-19/h1-11,13,18H,12,21H2,(H,23,24). The van der Waals surface area contributed by atoms with Gasteiger partial charge in [-0.3, -0.25) is 9.78 Å². The van der Waals surface area contributed by atoms with Crippen LogP contribution in [0.2, 0.25) is 0 Å². The van der Waals surface area contributed by atoms with Crippen molar-refractivity contribution in [2.24, 2.45) is 5.73 Å². The zero-order chi connectivity index (χ0) is 17.6. The van der Waals surface area contributed by atoms with E-state index in [9.17, 15) is 4.79 Å². The van der Waals surface area contributed by atoms with Gasteiger partial charge in [0, 0.05) is 11.8 Å². The molecule has 0 spiro atoms. The first-order chi connectivity index (χ1) is 12.1. The van der Waals surface area contributed by atoms with E-state index in [4.69, 9.17) is 15.6 Å². The second-order valence-corrected chi connectivity index (χ2v) is 5.64. The molecule has 126 valence electrons. The van der Waals surface area contributed by atoms with Crippen LogP contribution in [0.3, 0.4) is 0 Å².